The van der Waals surface area contributed by atoms with Crippen molar-refractivity contribution in [3.8, 4) is 6.07 Å². The van der Waals surface area contributed by atoms with Crippen LogP contribution in [0.1, 0.15) is 16.8 Å². The molecule has 0 aliphatic rings. The molecule has 1 aromatic rings. The van der Waals surface area contributed by atoms with Gasteiger partial charge >= 0.3 is 0 Å². The van der Waals surface area contributed by atoms with Gasteiger partial charge in [-0.1, -0.05) is 0 Å². The lowest BCUT2D eigenvalue weighted by Crippen LogP contribution is -2.13. The number of pyridine rings is 1. The Hall–Kier alpha value is -1.60. The number of rotatable bonds is 2. The van der Waals surface area contributed by atoms with Crippen molar-refractivity contribution in [3.05, 3.63) is 33.2 Å². The highest BCUT2D eigenvalue weighted by Gasteiger charge is 2.04. The molecule has 0 fully saturated rings. The molecule has 0 aliphatic carbocycles. The first-order valence-corrected chi connectivity index (χ1v) is 3.81. The number of aryl methyl sites for hydroxylation is 1. The number of H-pyrrole nitrogens is 1. The van der Waals surface area contributed by atoms with Crippen LogP contribution in [0, 0.1) is 18.3 Å². The molecule has 0 bridgehead atoms. The van der Waals surface area contributed by atoms with E-state index in [1.165, 1.54) is 0 Å². The van der Waals surface area contributed by atoms with Crippen LogP contribution < -0.4 is 5.56 Å². The molecule has 4 heteroatoms. The third-order valence-corrected chi connectivity index (χ3v) is 1.77. The second-order valence-electron chi connectivity index (χ2n) is 2.71. The zero-order chi connectivity index (χ0) is 9.84. The van der Waals surface area contributed by atoms with Crippen LogP contribution >= 0.6 is 0 Å². The van der Waals surface area contributed by atoms with Gasteiger partial charge in [-0.25, -0.2) is 0 Å². The summed E-state index contributed by atoms with van der Waals surface area (Å²) in [5.41, 5.74) is 1.35. The minimum absolute atomic E-state index is 0.123. The van der Waals surface area contributed by atoms with Crippen molar-refractivity contribution < 1.29 is 4.74 Å². The number of aromatic nitrogens is 1. The van der Waals surface area contributed by atoms with Crippen LogP contribution in [0.2, 0.25) is 0 Å². The van der Waals surface area contributed by atoms with E-state index < -0.39 is 0 Å². The predicted molar refractivity (Wildman–Crippen MR) is 47.2 cm³/mol. The molecular weight excluding hydrogens is 168 g/mol. The summed E-state index contributed by atoms with van der Waals surface area (Å²) in [5.74, 6) is 0. The van der Waals surface area contributed by atoms with E-state index in [0.717, 1.165) is 11.3 Å². The van der Waals surface area contributed by atoms with Gasteiger partial charge in [-0.05, 0) is 18.6 Å². The SMILES string of the molecule is COCc1cc(C#N)c(=O)[nH]c1C. The first-order chi connectivity index (χ1) is 6.19. The van der Waals surface area contributed by atoms with E-state index in [0.29, 0.717) is 6.61 Å². The Morgan fingerprint density at radius 1 is 1.69 bits per heavy atom. The predicted octanol–water partition coefficient (Wildman–Crippen LogP) is 0.701. The molecular formula is C9H10N2O2. The molecule has 1 N–H and O–H groups in total. The fourth-order valence-electron chi connectivity index (χ4n) is 1.05. The van der Waals surface area contributed by atoms with Crippen LogP contribution in [0.3, 0.4) is 0 Å². The summed E-state index contributed by atoms with van der Waals surface area (Å²) in [4.78, 5) is 13.7. The Kier molecular flexibility index (Phi) is 2.83. The molecule has 4 nitrogen and oxygen atoms in total. The van der Waals surface area contributed by atoms with Gasteiger partial charge in [0.1, 0.15) is 11.6 Å². The highest BCUT2D eigenvalue weighted by Crippen LogP contribution is 2.05. The molecule has 1 aromatic heterocycles. The lowest BCUT2D eigenvalue weighted by atomic mass is 10.1. The smallest absolute Gasteiger partial charge is 0.266 e. The molecule has 0 saturated carbocycles. The third-order valence-electron chi connectivity index (χ3n) is 1.77. The monoisotopic (exact) mass is 178 g/mol. The van der Waals surface area contributed by atoms with E-state index >= 15 is 0 Å². The first kappa shape index (κ1) is 9.49. The van der Waals surface area contributed by atoms with Crippen LogP contribution in [0.25, 0.3) is 0 Å². The van der Waals surface area contributed by atoms with Gasteiger partial charge in [-0.15, -0.1) is 0 Å². The summed E-state index contributed by atoms with van der Waals surface area (Å²) in [5, 5.41) is 8.59. The molecule has 68 valence electrons. The van der Waals surface area contributed by atoms with E-state index in [2.05, 4.69) is 4.98 Å². The summed E-state index contributed by atoms with van der Waals surface area (Å²) in [6, 6.07) is 3.38. The molecule has 0 aliphatic heterocycles. The minimum atomic E-state index is -0.347. The molecule has 0 unspecified atom stereocenters. The van der Waals surface area contributed by atoms with Crippen molar-refractivity contribution in [2.45, 2.75) is 13.5 Å². The maximum atomic E-state index is 11.1. The largest absolute Gasteiger partial charge is 0.380 e. The number of methoxy groups -OCH3 is 1. The number of nitrogens with one attached hydrogen (secondary N) is 1. The molecule has 0 radical (unpaired) electrons. The van der Waals surface area contributed by atoms with Crippen molar-refractivity contribution in [1.82, 2.24) is 4.98 Å². The third kappa shape index (κ3) is 1.95. The van der Waals surface area contributed by atoms with Gasteiger partial charge in [-0.2, -0.15) is 5.26 Å². The minimum Gasteiger partial charge on any atom is -0.380 e. The van der Waals surface area contributed by atoms with Crippen molar-refractivity contribution in [2.75, 3.05) is 7.11 Å². The molecule has 1 heterocycles. The highest BCUT2D eigenvalue weighted by atomic mass is 16.5. The molecule has 1 rings (SSSR count). The first-order valence-electron chi connectivity index (χ1n) is 3.81. The number of nitrogens with zero attached hydrogens (tertiary/aromatic N) is 1. The Balaban J connectivity index is 3.24. The Morgan fingerprint density at radius 2 is 2.38 bits per heavy atom. The lowest BCUT2D eigenvalue weighted by molar-refractivity contribution is 0.184. The fourth-order valence-corrected chi connectivity index (χ4v) is 1.05. The molecule has 0 atom stereocenters. The fraction of sp³-hybridized carbons (Fsp3) is 0.333. The second-order valence-corrected chi connectivity index (χ2v) is 2.71. The van der Waals surface area contributed by atoms with Gasteiger partial charge in [0.15, 0.2) is 0 Å². The van der Waals surface area contributed by atoms with Crippen molar-refractivity contribution >= 4 is 0 Å². The van der Waals surface area contributed by atoms with Gasteiger partial charge < -0.3 is 9.72 Å². The number of aromatic amines is 1. The zero-order valence-corrected chi connectivity index (χ0v) is 7.55. The average molecular weight is 178 g/mol. The molecule has 0 aromatic carbocycles. The van der Waals surface area contributed by atoms with Gasteiger partial charge in [0.05, 0.1) is 6.61 Å². The van der Waals surface area contributed by atoms with Crippen molar-refractivity contribution in [3.63, 3.8) is 0 Å². The maximum absolute atomic E-state index is 11.1. The van der Waals surface area contributed by atoms with Crippen LogP contribution in [0.5, 0.6) is 0 Å². The van der Waals surface area contributed by atoms with Gasteiger partial charge in [-0.3, -0.25) is 4.79 Å². The topological polar surface area (TPSA) is 65.9 Å². The summed E-state index contributed by atoms with van der Waals surface area (Å²) in [6.45, 7) is 2.17. The lowest BCUT2D eigenvalue weighted by Gasteiger charge is -2.03. The van der Waals surface area contributed by atoms with Crippen LogP contribution in [-0.2, 0) is 11.3 Å². The summed E-state index contributed by atoms with van der Waals surface area (Å²) < 4.78 is 4.92. The van der Waals surface area contributed by atoms with Gasteiger partial charge in [0.25, 0.3) is 5.56 Å². The van der Waals surface area contributed by atoms with Gasteiger partial charge in [0, 0.05) is 12.8 Å². The van der Waals surface area contributed by atoms with Gasteiger partial charge in [0.2, 0.25) is 0 Å². The molecule has 0 saturated heterocycles. The van der Waals surface area contributed by atoms with Crippen LogP contribution in [0.15, 0.2) is 10.9 Å². The standard InChI is InChI=1S/C9H10N2O2/c1-6-8(5-13-2)3-7(4-10)9(12)11-6/h3H,5H2,1-2H3,(H,11,12). The Bertz CT molecular complexity index is 401. The summed E-state index contributed by atoms with van der Waals surface area (Å²) in [6.07, 6.45) is 0. The van der Waals surface area contributed by atoms with Crippen molar-refractivity contribution in [2.24, 2.45) is 0 Å². The van der Waals surface area contributed by atoms with E-state index in [4.69, 9.17) is 10.00 Å². The van der Waals surface area contributed by atoms with Crippen molar-refractivity contribution in [1.29, 1.82) is 5.26 Å². The second kappa shape index (κ2) is 3.87. The number of hydrogen-bond acceptors (Lipinski definition) is 3. The van der Waals surface area contributed by atoms with E-state index in [1.54, 1.807) is 20.1 Å². The quantitative estimate of drug-likeness (QED) is 0.724. The Morgan fingerprint density at radius 3 is 2.92 bits per heavy atom. The highest BCUT2D eigenvalue weighted by molar-refractivity contribution is 5.32. The van der Waals surface area contributed by atoms with E-state index in [9.17, 15) is 4.79 Å². The molecule has 0 spiro atoms. The number of hydrogen-bond donors (Lipinski definition) is 1. The molecule has 13 heavy (non-hydrogen) atoms. The number of ether oxygens (including phenoxy) is 1. The molecule has 0 amide bonds. The maximum Gasteiger partial charge on any atom is 0.266 e. The normalized spacial score (nSPS) is 9.62. The number of nitriles is 1. The van der Waals surface area contributed by atoms with E-state index in [1.807, 2.05) is 6.07 Å². The van der Waals surface area contributed by atoms with Crippen LogP contribution in [-0.4, -0.2) is 12.1 Å². The van der Waals surface area contributed by atoms with Crippen LogP contribution in [0.4, 0.5) is 0 Å². The Labute approximate surface area is 75.8 Å². The summed E-state index contributed by atoms with van der Waals surface area (Å²) >= 11 is 0. The average Bonchev–Trinajstić information content (AvgIpc) is 2.10. The zero-order valence-electron chi connectivity index (χ0n) is 7.55. The summed E-state index contributed by atoms with van der Waals surface area (Å²) in [7, 11) is 1.57. The van der Waals surface area contributed by atoms with E-state index in [-0.39, 0.29) is 11.1 Å².